The maximum absolute atomic E-state index is 2.37. The van der Waals surface area contributed by atoms with E-state index in [0.717, 1.165) is 0 Å². The molecule has 1 heterocycles. The van der Waals surface area contributed by atoms with Crippen LogP contribution in [0.15, 0.2) is 12.4 Å². The molecule has 0 bridgehead atoms. The van der Waals surface area contributed by atoms with Crippen LogP contribution in [0.25, 0.3) is 0 Å². The predicted octanol–water partition coefficient (Wildman–Crippen LogP) is 2.33. The van der Waals surface area contributed by atoms with Gasteiger partial charge in [0.25, 0.3) is 5.82 Å². The minimum atomic E-state index is 0. The third-order valence-electron chi connectivity index (χ3n) is 4.65. The van der Waals surface area contributed by atoms with E-state index in [-0.39, 0.29) is 17.0 Å². The molecule has 0 spiro atoms. The molecular weight excluding hydrogens is 336 g/mol. The SMILES string of the molecule is CCCCCCCCCCCCCCn1cc[n+](C)c1C.[Br-]. The van der Waals surface area contributed by atoms with Crippen molar-refractivity contribution in [1.82, 2.24) is 4.57 Å². The summed E-state index contributed by atoms with van der Waals surface area (Å²) in [5.74, 6) is 1.36. The second kappa shape index (κ2) is 14.3. The number of nitrogens with zero attached hydrogens (tertiary/aromatic N) is 2. The first-order valence-corrected chi connectivity index (χ1v) is 9.27. The van der Waals surface area contributed by atoms with E-state index < -0.39 is 0 Å². The van der Waals surface area contributed by atoms with Crippen molar-refractivity contribution >= 4 is 0 Å². The Kier molecular flexibility index (Phi) is 14.1. The summed E-state index contributed by atoms with van der Waals surface area (Å²) in [5.41, 5.74) is 0. The van der Waals surface area contributed by atoms with Crippen LogP contribution in [0.3, 0.4) is 0 Å². The summed E-state index contributed by atoms with van der Waals surface area (Å²) >= 11 is 0. The van der Waals surface area contributed by atoms with Gasteiger partial charge in [-0.1, -0.05) is 71.1 Å². The Morgan fingerprint density at radius 1 is 0.818 bits per heavy atom. The van der Waals surface area contributed by atoms with Crippen LogP contribution in [0.1, 0.15) is 89.8 Å². The lowest BCUT2D eigenvalue weighted by molar-refractivity contribution is -0.677. The van der Waals surface area contributed by atoms with E-state index in [1.165, 1.54) is 89.4 Å². The molecule has 1 aromatic heterocycles. The number of halogens is 1. The minimum absolute atomic E-state index is 0. The number of unbranched alkanes of at least 4 members (excludes halogenated alkanes) is 11. The Morgan fingerprint density at radius 3 is 1.68 bits per heavy atom. The highest BCUT2D eigenvalue weighted by atomic mass is 79.9. The molecule has 0 amide bonds. The van der Waals surface area contributed by atoms with Crippen molar-refractivity contribution in [3.63, 3.8) is 0 Å². The lowest BCUT2D eigenvalue weighted by atomic mass is 10.1. The highest BCUT2D eigenvalue weighted by molar-refractivity contribution is 4.78. The summed E-state index contributed by atoms with van der Waals surface area (Å²) in [7, 11) is 2.12. The molecule has 1 aromatic rings. The maximum Gasteiger partial charge on any atom is 0.253 e. The van der Waals surface area contributed by atoms with Crippen LogP contribution in [-0.4, -0.2) is 4.57 Å². The highest BCUT2D eigenvalue weighted by Crippen LogP contribution is 2.12. The van der Waals surface area contributed by atoms with Crippen molar-refractivity contribution in [3.05, 3.63) is 18.2 Å². The predicted molar refractivity (Wildman–Crippen MR) is 91.4 cm³/mol. The van der Waals surface area contributed by atoms with Gasteiger partial charge in [0.05, 0.1) is 13.6 Å². The number of aryl methyl sites for hydroxylation is 2. The van der Waals surface area contributed by atoms with E-state index in [4.69, 9.17) is 0 Å². The molecule has 0 aliphatic heterocycles. The van der Waals surface area contributed by atoms with Gasteiger partial charge in [-0.15, -0.1) is 0 Å². The van der Waals surface area contributed by atoms with Crippen molar-refractivity contribution < 1.29 is 21.5 Å². The second-order valence-corrected chi connectivity index (χ2v) is 6.54. The summed E-state index contributed by atoms with van der Waals surface area (Å²) in [6.45, 7) is 5.67. The van der Waals surface area contributed by atoms with Gasteiger partial charge in [0.15, 0.2) is 0 Å². The third kappa shape index (κ3) is 9.66. The lowest BCUT2D eigenvalue weighted by Gasteiger charge is -2.03. The van der Waals surface area contributed by atoms with Gasteiger partial charge in [0.2, 0.25) is 0 Å². The van der Waals surface area contributed by atoms with E-state index in [0.29, 0.717) is 0 Å². The monoisotopic (exact) mass is 372 g/mol. The number of hydrogen-bond acceptors (Lipinski definition) is 0. The zero-order chi connectivity index (χ0) is 15.3. The molecule has 3 heteroatoms. The van der Waals surface area contributed by atoms with Gasteiger partial charge in [-0.25, -0.2) is 9.13 Å². The first-order chi connectivity index (χ1) is 10.3. The Morgan fingerprint density at radius 2 is 1.27 bits per heavy atom. The Hall–Kier alpha value is -0.310. The Bertz CT molecular complexity index is 360. The van der Waals surface area contributed by atoms with E-state index in [9.17, 15) is 0 Å². The van der Waals surface area contributed by atoms with Gasteiger partial charge in [0.1, 0.15) is 12.4 Å². The first-order valence-electron chi connectivity index (χ1n) is 9.27. The first kappa shape index (κ1) is 21.7. The van der Waals surface area contributed by atoms with E-state index in [2.05, 4.69) is 42.4 Å². The molecule has 0 radical (unpaired) electrons. The molecule has 0 saturated carbocycles. The van der Waals surface area contributed by atoms with Crippen molar-refractivity contribution in [3.8, 4) is 0 Å². The van der Waals surface area contributed by atoms with Crippen LogP contribution < -0.4 is 21.5 Å². The van der Waals surface area contributed by atoms with Gasteiger partial charge in [-0.3, -0.25) is 0 Å². The van der Waals surface area contributed by atoms with Crippen LogP contribution in [-0.2, 0) is 13.6 Å². The fraction of sp³-hybridized carbons (Fsp3) is 0.842. The minimum Gasteiger partial charge on any atom is -1.00 e. The standard InChI is InChI=1S/C19H37N2.BrH/c1-4-5-6-7-8-9-10-11-12-13-14-15-16-21-18-17-20(3)19(21)2;/h17-18H,4-16H2,1-3H3;1H/q+1;/p-1. The molecular formula is C19H37BrN2. The summed E-state index contributed by atoms with van der Waals surface area (Å²) in [6.07, 6.45) is 21.5. The lowest BCUT2D eigenvalue weighted by Crippen LogP contribution is -3.00. The molecule has 0 aliphatic carbocycles. The molecule has 0 unspecified atom stereocenters. The van der Waals surface area contributed by atoms with Crippen molar-refractivity contribution in [2.24, 2.45) is 7.05 Å². The Balaban J connectivity index is 0.00000441. The number of rotatable bonds is 13. The number of aromatic nitrogens is 2. The van der Waals surface area contributed by atoms with Crippen LogP contribution in [0.4, 0.5) is 0 Å². The summed E-state index contributed by atoms with van der Waals surface area (Å²) in [6, 6.07) is 0. The van der Waals surface area contributed by atoms with Crippen LogP contribution in [0, 0.1) is 6.92 Å². The average molecular weight is 373 g/mol. The number of imidazole rings is 1. The van der Waals surface area contributed by atoms with Gasteiger partial charge in [-0.05, 0) is 12.8 Å². The van der Waals surface area contributed by atoms with Crippen molar-refractivity contribution in [1.29, 1.82) is 0 Å². The molecule has 130 valence electrons. The zero-order valence-corrected chi connectivity index (χ0v) is 16.7. The molecule has 0 N–H and O–H groups in total. The fourth-order valence-corrected chi connectivity index (χ4v) is 2.96. The van der Waals surface area contributed by atoms with E-state index in [1.54, 1.807) is 0 Å². The van der Waals surface area contributed by atoms with Crippen LogP contribution in [0.5, 0.6) is 0 Å². The summed E-state index contributed by atoms with van der Waals surface area (Å²) in [5, 5.41) is 0. The molecule has 22 heavy (non-hydrogen) atoms. The molecule has 0 aliphatic rings. The van der Waals surface area contributed by atoms with Crippen LogP contribution >= 0.6 is 0 Å². The van der Waals surface area contributed by atoms with Gasteiger partial charge in [-0.2, -0.15) is 0 Å². The van der Waals surface area contributed by atoms with Gasteiger partial charge >= 0.3 is 0 Å². The van der Waals surface area contributed by atoms with Gasteiger partial charge < -0.3 is 17.0 Å². The quantitative estimate of drug-likeness (QED) is 0.371. The van der Waals surface area contributed by atoms with E-state index in [1.807, 2.05) is 0 Å². The highest BCUT2D eigenvalue weighted by Gasteiger charge is 2.07. The topological polar surface area (TPSA) is 8.81 Å². The number of hydrogen-bond donors (Lipinski definition) is 0. The Labute approximate surface area is 149 Å². The third-order valence-corrected chi connectivity index (χ3v) is 4.65. The fourth-order valence-electron chi connectivity index (χ4n) is 2.96. The van der Waals surface area contributed by atoms with Crippen molar-refractivity contribution in [2.45, 2.75) is 97.4 Å². The zero-order valence-electron chi connectivity index (χ0n) is 15.1. The summed E-state index contributed by atoms with van der Waals surface area (Å²) < 4.78 is 4.57. The average Bonchev–Trinajstić information content (AvgIpc) is 2.80. The molecule has 1 rings (SSSR count). The summed E-state index contributed by atoms with van der Waals surface area (Å²) in [4.78, 5) is 0. The maximum atomic E-state index is 2.37. The molecule has 0 saturated heterocycles. The van der Waals surface area contributed by atoms with Crippen LogP contribution in [0.2, 0.25) is 0 Å². The smallest absolute Gasteiger partial charge is 0.253 e. The molecule has 0 atom stereocenters. The molecule has 0 aromatic carbocycles. The molecule has 2 nitrogen and oxygen atoms in total. The van der Waals surface area contributed by atoms with Gasteiger partial charge in [0, 0.05) is 6.92 Å². The van der Waals surface area contributed by atoms with E-state index >= 15 is 0 Å². The molecule has 0 fully saturated rings. The van der Waals surface area contributed by atoms with Crippen molar-refractivity contribution in [2.75, 3.05) is 0 Å². The largest absolute Gasteiger partial charge is 1.00 e. The normalized spacial score (nSPS) is 10.7. The second-order valence-electron chi connectivity index (χ2n) is 6.54.